The zero-order chi connectivity index (χ0) is 12.1. The molecule has 88 valence electrons. The van der Waals surface area contributed by atoms with Crippen molar-refractivity contribution in [3.8, 4) is 0 Å². The average molecular weight is 288 g/mol. The molecule has 0 bridgehead atoms. The predicted octanol–water partition coefficient (Wildman–Crippen LogP) is 2.43. The molecule has 0 aromatic heterocycles. The molecular weight excluding hydrogens is 274 g/mol. The van der Waals surface area contributed by atoms with Gasteiger partial charge < -0.3 is 11.1 Å². The molecule has 0 aliphatic heterocycles. The number of aryl methyl sites for hydroxylation is 1. The van der Waals surface area contributed by atoms with Crippen LogP contribution in [0.3, 0.4) is 0 Å². The molecule has 1 aromatic carbocycles. The lowest BCUT2D eigenvalue weighted by Crippen LogP contribution is -2.09. The van der Waals surface area contributed by atoms with Gasteiger partial charge in [0.25, 0.3) is 5.69 Å². The maximum atomic E-state index is 10.8. The number of hydrogen-bond donors (Lipinski definition) is 2. The summed E-state index contributed by atoms with van der Waals surface area (Å²) in [7, 11) is 0. The Hall–Kier alpha value is -1.14. The van der Waals surface area contributed by atoms with E-state index in [1.807, 2.05) is 0 Å². The minimum atomic E-state index is -0.379. The highest BCUT2D eigenvalue weighted by atomic mass is 79.9. The van der Waals surface area contributed by atoms with E-state index in [0.29, 0.717) is 18.7 Å². The van der Waals surface area contributed by atoms with Crippen molar-refractivity contribution in [3.05, 3.63) is 32.3 Å². The molecular formula is C10H14BrN3O2. The standard InChI is InChI=1S/C10H14BrN3O2/c1-7-5-8(11)9(13-4-2-3-12)6-10(7)14(15)16/h5-6,13H,2-4,12H2,1H3. The lowest BCUT2D eigenvalue weighted by atomic mass is 10.2. The molecule has 1 rings (SSSR count). The van der Waals surface area contributed by atoms with Crippen LogP contribution < -0.4 is 11.1 Å². The number of rotatable bonds is 5. The second-order valence-corrected chi connectivity index (χ2v) is 4.30. The van der Waals surface area contributed by atoms with Gasteiger partial charge in [0, 0.05) is 22.6 Å². The smallest absolute Gasteiger partial charge is 0.274 e. The molecule has 0 saturated heterocycles. The Morgan fingerprint density at radius 3 is 2.81 bits per heavy atom. The van der Waals surface area contributed by atoms with Gasteiger partial charge in [0.1, 0.15) is 0 Å². The molecule has 3 N–H and O–H groups in total. The van der Waals surface area contributed by atoms with Crippen LogP contribution in [0.15, 0.2) is 16.6 Å². The highest BCUT2D eigenvalue weighted by molar-refractivity contribution is 9.10. The first-order chi connectivity index (χ1) is 7.56. The number of nitro groups is 1. The van der Waals surface area contributed by atoms with Gasteiger partial charge in [-0.05, 0) is 41.9 Å². The average Bonchev–Trinajstić information content (AvgIpc) is 2.21. The zero-order valence-electron chi connectivity index (χ0n) is 9.00. The topological polar surface area (TPSA) is 81.2 Å². The van der Waals surface area contributed by atoms with E-state index in [1.54, 1.807) is 13.0 Å². The van der Waals surface area contributed by atoms with E-state index in [1.165, 1.54) is 6.07 Å². The molecule has 0 saturated carbocycles. The van der Waals surface area contributed by atoms with Gasteiger partial charge in [0.15, 0.2) is 0 Å². The molecule has 0 aliphatic rings. The van der Waals surface area contributed by atoms with Gasteiger partial charge in [-0.1, -0.05) is 0 Å². The van der Waals surface area contributed by atoms with Crippen molar-refractivity contribution < 1.29 is 4.92 Å². The van der Waals surface area contributed by atoms with E-state index < -0.39 is 0 Å². The Kier molecular flexibility index (Phi) is 4.70. The van der Waals surface area contributed by atoms with Crippen molar-refractivity contribution in [3.63, 3.8) is 0 Å². The van der Waals surface area contributed by atoms with Crippen molar-refractivity contribution in [2.75, 3.05) is 18.4 Å². The Morgan fingerprint density at radius 2 is 2.25 bits per heavy atom. The summed E-state index contributed by atoms with van der Waals surface area (Å²) >= 11 is 3.37. The second-order valence-electron chi connectivity index (χ2n) is 3.44. The normalized spacial score (nSPS) is 10.2. The van der Waals surface area contributed by atoms with Crippen molar-refractivity contribution >= 4 is 27.3 Å². The van der Waals surface area contributed by atoms with E-state index in [0.717, 1.165) is 16.6 Å². The van der Waals surface area contributed by atoms with Gasteiger partial charge in [-0.2, -0.15) is 0 Å². The molecule has 16 heavy (non-hydrogen) atoms. The molecule has 0 atom stereocenters. The van der Waals surface area contributed by atoms with Crippen LogP contribution in [-0.4, -0.2) is 18.0 Å². The summed E-state index contributed by atoms with van der Waals surface area (Å²) in [6, 6.07) is 3.28. The van der Waals surface area contributed by atoms with Gasteiger partial charge in [-0.15, -0.1) is 0 Å². The summed E-state index contributed by atoms with van der Waals surface area (Å²) in [5.41, 5.74) is 6.86. The Morgan fingerprint density at radius 1 is 1.56 bits per heavy atom. The van der Waals surface area contributed by atoms with Crippen LogP contribution in [0.1, 0.15) is 12.0 Å². The molecule has 0 unspecified atom stereocenters. The SMILES string of the molecule is Cc1cc(Br)c(NCCCN)cc1[N+](=O)[O-]. The first-order valence-corrected chi connectivity index (χ1v) is 5.74. The van der Waals surface area contributed by atoms with Crippen LogP contribution in [0.5, 0.6) is 0 Å². The summed E-state index contributed by atoms with van der Waals surface area (Å²) in [4.78, 5) is 10.4. The number of benzene rings is 1. The molecule has 6 heteroatoms. The molecule has 0 fully saturated rings. The molecule has 0 spiro atoms. The fourth-order valence-electron chi connectivity index (χ4n) is 1.32. The second kappa shape index (κ2) is 5.81. The number of nitrogens with one attached hydrogen (secondary N) is 1. The summed E-state index contributed by atoms with van der Waals surface area (Å²) < 4.78 is 0.827. The van der Waals surface area contributed by atoms with Crippen LogP contribution >= 0.6 is 15.9 Å². The number of nitrogens with zero attached hydrogens (tertiary/aromatic N) is 1. The van der Waals surface area contributed by atoms with Crippen molar-refractivity contribution in [1.82, 2.24) is 0 Å². The first kappa shape index (κ1) is 12.9. The van der Waals surface area contributed by atoms with Gasteiger partial charge in [0.05, 0.1) is 10.6 Å². The van der Waals surface area contributed by atoms with Gasteiger partial charge in [-0.3, -0.25) is 10.1 Å². The van der Waals surface area contributed by atoms with E-state index in [2.05, 4.69) is 21.2 Å². The third-order valence-corrected chi connectivity index (χ3v) is 2.83. The largest absolute Gasteiger partial charge is 0.384 e. The number of hydrogen-bond acceptors (Lipinski definition) is 4. The van der Waals surface area contributed by atoms with E-state index in [9.17, 15) is 10.1 Å². The quantitative estimate of drug-likeness (QED) is 0.495. The zero-order valence-corrected chi connectivity index (χ0v) is 10.6. The lowest BCUT2D eigenvalue weighted by molar-refractivity contribution is -0.385. The van der Waals surface area contributed by atoms with E-state index in [4.69, 9.17) is 5.73 Å². The summed E-state index contributed by atoms with van der Waals surface area (Å²) in [6.45, 7) is 3.01. The van der Waals surface area contributed by atoms with Crippen LogP contribution in [-0.2, 0) is 0 Å². The van der Waals surface area contributed by atoms with E-state index >= 15 is 0 Å². The highest BCUT2D eigenvalue weighted by Crippen LogP contribution is 2.30. The molecule has 1 aromatic rings. The monoisotopic (exact) mass is 287 g/mol. The number of nitro benzene ring substituents is 1. The summed E-state index contributed by atoms with van der Waals surface area (Å²) in [5.74, 6) is 0. The van der Waals surface area contributed by atoms with Gasteiger partial charge >= 0.3 is 0 Å². The molecule has 0 aliphatic carbocycles. The van der Waals surface area contributed by atoms with Crippen LogP contribution in [0.25, 0.3) is 0 Å². The van der Waals surface area contributed by atoms with Gasteiger partial charge in [0.2, 0.25) is 0 Å². The third kappa shape index (κ3) is 3.18. The fraction of sp³-hybridized carbons (Fsp3) is 0.400. The molecule has 0 amide bonds. The van der Waals surface area contributed by atoms with Crippen LogP contribution in [0.2, 0.25) is 0 Å². The summed E-state index contributed by atoms with van der Waals surface area (Å²) in [6.07, 6.45) is 0.827. The molecule has 0 radical (unpaired) electrons. The van der Waals surface area contributed by atoms with Gasteiger partial charge in [-0.25, -0.2) is 0 Å². The highest BCUT2D eigenvalue weighted by Gasteiger charge is 2.13. The maximum Gasteiger partial charge on any atom is 0.274 e. The molecule has 5 nitrogen and oxygen atoms in total. The number of nitrogens with two attached hydrogens (primary N) is 1. The first-order valence-electron chi connectivity index (χ1n) is 4.94. The molecule has 0 heterocycles. The Bertz CT molecular complexity index is 396. The van der Waals surface area contributed by atoms with E-state index in [-0.39, 0.29) is 10.6 Å². The Balaban J connectivity index is 2.91. The van der Waals surface area contributed by atoms with Crippen molar-refractivity contribution in [1.29, 1.82) is 0 Å². The van der Waals surface area contributed by atoms with Crippen molar-refractivity contribution in [2.24, 2.45) is 5.73 Å². The maximum absolute atomic E-state index is 10.8. The summed E-state index contributed by atoms with van der Waals surface area (Å²) in [5, 5.41) is 13.9. The third-order valence-electron chi connectivity index (χ3n) is 2.18. The van der Waals surface area contributed by atoms with Crippen molar-refractivity contribution in [2.45, 2.75) is 13.3 Å². The minimum Gasteiger partial charge on any atom is -0.384 e. The number of halogens is 1. The lowest BCUT2D eigenvalue weighted by Gasteiger charge is -2.09. The number of anilines is 1. The van der Waals surface area contributed by atoms with Crippen LogP contribution in [0.4, 0.5) is 11.4 Å². The Labute approximate surface area is 102 Å². The minimum absolute atomic E-state index is 0.124. The fourth-order valence-corrected chi connectivity index (χ4v) is 1.92. The van der Waals surface area contributed by atoms with Crippen LogP contribution in [0, 0.1) is 17.0 Å². The predicted molar refractivity (Wildman–Crippen MR) is 67.7 cm³/mol.